The Labute approximate surface area is 165 Å². The lowest BCUT2D eigenvalue weighted by Crippen LogP contribution is -2.19. The highest BCUT2D eigenvalue weighted by molar-refractivity contribution is 6.10. The molecule has 0 aliphatic carbocycles. The number of fused-ring (bicyclic) bond motifs is 1. The molecule has 0 aliphatic heterocycles. The Balaban J connectivity index is 1.85. The first-order valence-corrected chi connectivity index (χ1v) is 9.02. The van der Waals surface area contributed by atoms with E-state index in [4.69, 9.17) is 9.47 Å². The van der Waals surface area contributed by atoms with Gasteiger partial charge in [-0.2, -0.15) is 0 Å². The first-order valence-electron chi connectivity index (χ1n) is 9.02. The lowest BCUT2D eigenvalue weighted by atomic mass is 10.1. The van der Waals surface area contributed by atoms with Crippen molar-refractivity contribution in [3.05, 3.63) is 68.8 Å². The number of esters is 2. The number of ketones is 1. The average Bonchev–Trinajstić information content (AvgIpc) is 2.99. The van der Waals surface area contributed by atoms with Crippen LogP contribution in [0.4, 0.5) is 0 Å². The zero-order chi connectivity index (χ0) is 21.1. The number of hydrogen-bond acceptors (Lipinski definition) is 6. The zero-order valence-corrected chi connectivity index (χ0v) is 16.3. The number of aryl methyl sites for hydroxylation is 2. The molecule has 2 heterocycles. The van der Waals surface area contributed by atoms with Crippen molar-refractivity contribution >= 4 is 28.6 Å². The number of benzene rings is 1. The molecule has 0 saturated carbocycles. The fourth-order valence-electron chi connectivity index (χ4n) is 3.24. The molecule has 0 amide bonds. The molecule has 3 aromatic rings. The zero-order valence-electron chi connectivity index (χ0n) is 16.3. The predicted molar refractivity (Wildman–Crippen MR) is 105 cm³/mol. The average molecular weight is 396 g/mol. The van der Waals surface area contributed by atoms with E-state index in [2.05, 4.69) is 9.97 Å². The number of aromatic nitrogens is 2. The van der Waals surface area contributed by atoms with Crippen molar-refractivity contribution in [2.24, 2.45) is 0 Å². The van der Waals surface area contributed by atoms with Crippen LogP contribution < -0.4 is 5.56 Å². The standard InChI is InChI=1S/C21H20N2O6/c1-4-28-21(27)19-12(3)22-11(2)18(19)16(24)10-29-20(26)14-9-17(25)23-15-8-6-5-7-13(14)15/h5-9,22H,4,10H2,1-3H3,(H,23,25). The third-order valence-corrected chi connectivity index (χ3v) is 4.44. The molecule has 2 N–H and O–H groups in total. The van der Waals surface area contributed by atoms with Gasteiger partial charge in [0.05, 0.1) is 23.3 Å². The second kappa shape index (κ2) is 8.14. The number of H-pyrrole nitrogens is 2. The van der Waals surface area contributed by atoms with Crippen LogP contribution in [0.3, 0.4) is 0 Å². The minimum Gasteiger partial charge on any atom is -0.462 e. The number of Topliss-reactive ketones (excluding diaryl/α,β-unsaturated/α-hetero) is 1. The van der Waals surface area contributed by atoms with E-state index < -0.39 is 29.9 Å². The van der Waals surface area contributed by atoms with Gasteiger partial charge in [-0.05, 0) is 26.8 Å². The maximum Gasteiger partial charge on any atom is 0.340 e. The summed E-state index contributed by atoms with van der Waals surface area (Å²) in [6.07, 6.45) is 0. The van der Waals surface area contributed by atoms with E-state index >= 15 is 0 Å². The number of hydrogen-bond donors (Lipinski definition) is 2. The van der Waals surface area contributed by atoms with Crippen LogP contribution in [0.15, 0.2) is 35.1 Å². The van der Waals surface area contributed by atoms with Gasteiger partial charge in [-0.1, -0.05) is 18.2 Å². The van der Waals surface area contributed by atoms with Gasteiger partial charge in [0, 0.05) is 28.4 Å². The summed E-state index contributed by atoms with van der Waals surface area (Å²) < 4.78 is 10.2. The van der Waals surface area contributed by atoms with E-state index in [0.717, 1.165) is 6.07 Å². The van der Waals surface area contributed by atoms with E-state index in [-0.39, 0.29) is 23.3 Å². The highest BCUT2D eigenvalue weighted by atomic mass is 16.5. The summed E-state index contributed by atoms with van der Waals surface area (Å²) in [5.41, 5.74) is 1.33. The lowest BCUT2D eigenvalue weighted by molar-refractivity contribution is 0.0473. The van der Waals surface area contributed by atoms with Crippen LogP contribution in [-0.4, -0.2) is 40.9 Å². The van der Waals surface area contributed by atoms with E-state index in [1.54, 1.807) is 45.0 Å². The summed E-state index contributed by atoms with van der Waals surface area (Å²) in [5, 5.41) is 0.505. The van der Waals surface area contributed by atoms with Crippen molar-refractivity contribution in [3.63, 3.8) is 0 Å². The second-order valence-corrected chi connectivity index (χ2v) is 6.44. The molecule has 0 aliphatic rings. The van der Waals surface area contributed by atoms with Crippen molar-refractivity contribution in [2.75, 3.05) is 13.2 Å². The molecule has 1 aromatic carbocycles. The van der Waals surface area contributed by atoms with Gasteiger partial charge in [-0.15, -0.1) is 0 Å². The molecular weight excluding hydrogens is 376 g/mol. The third-order valence-electron chi connectivity index (χ3n) is 4.44. The van der Waals surface area contributed by atoms with Gasteiger partial charge in [-0.25, -0.2) is 9.59 Å². The summed E-state index contributed by atoms with van der Waals surface area (Å²) in [7, 11) is 0. The highest BCUT2D eigenvalue weighted by Gasteiger charge is 2.26. The largest absolute Gasteiger partial charge is 0.462 e. The van der Waals surface area contributed by atoms with Crippen LogP contribution in [0.5, 0.6) is 0 Å². The molecule has 0 atom stereocenters. The normalized spacial score (nSPS) is 10.7. The first kappa shape index (κ1) is 20.1. The number of aromatic amines is 2. The van der Waals surface area contributed by atoms with E-state index in [1.165, 1.54) is 0 Å². The van der Waals surface area contributed by atoms with Crippen molar-refractivity contribution in [2.45, 2.75) is 20.8 Å². The lowest BCUT2D eigenvalue weighted by Gasteiger charge is -2.08. The van der Waals surface area contributed by atoms with Crippen molar-refractivity contribution in [1.29, 1.82) is 0 Å². The van der Waals surface area contributed by atoms with Crippen LogP contribution in [0.1, 0.15) is 49.4 Å². The molecule has 0 saturated heterocycles. The van der Waals surface area contributed by atoms with Gasteiger partial charge >= 0.3 is 11.9 Å². The van der Waals surface area contributed by atoms with E-state index in [1.807, 2.05) is 0 Å². The fourth-order valence-corrected chi connectivity index (χ4v) is 3.24. The smallest absolute Gasteiger partial charge is 0.340 e. The van der Waals surface area contributed by atoms with Crippen LogP contribution in [0, 0.1) is 13.8 Å². The van der Waals surface area contributed by atoms with Crippen molar-refractivity contribution in [1.82, 2.24) is 9.97 Å². The van der Waals surface area contributed by atoms with Crippen molar-refractivity contribution in [3.8, 4) is 0 Å². The summed E-state index contributed by atoms with van der Waals surface area (Å²) in [6, 6.07) is 7.91. The second-order valence-electron chi connectivity index (χ2n) is 6.44. The van der Waals surface area contributed by atoms with Gasteiger partial charge in [-0.3, -0.25) is 9.59 Å². The number of nitrogens with one attached hydrogen (secondary N) is 2. The Morgan fingerprint density at radius 2 is 1.62 bits per heavy atom. The maximum atomic E-state index is 12.7. The Bertz CT molecular complexity index is 1170. The summed E-state index contributed by atoms with van der Waals surface area (Å²) in [5.74, 6) is -1.97. The topological polar surface area (TPSA) is 118 Å². The van der Waals surface area contributed by atoms with Crippen LogP contribution in [-0.2, 0) is 9.47 Å². The van der Waals surface area contributed by atoms with Gasteiger partial charge in [0.25, 0.3) is 0 Å². The fraction of sp³-hybridized carbons (Fsp3) is 0.238. The Morgan fingerprint density at radius 3 is 2.34 bits per heavy atom. The monoisotopic (exact) mass is 396 g/mol. The number of rotatable bonds is 6. The number of carbonyl (C=O) groups is 3. The number of ether oxygens (including phenoxy) is 2. The van der Waals surface area contributed by atoms with Crippen molar-refractivity contribution < 1.29 is 23.9 Å². The van der Waals surface area contributed by atoms with Crippen LogP contribution in [0.25, 0.3) is 10.9 Å². The Morgan fingerprint density at radius 1 is 0.931 bits per heavy atom. The molecule has 8 nitrogen and oxygen atoms in total. The third kappa shape index (κ3) is 3.96. The molecule has 3 rings (SSSR count). The highest BCUT2D eigenvalue weighted by Crippen LogP contribution is 2.21. The molecule has 150 valence electrons. The summed E-state index contributed by atoms with van der Waals surface area (Å²) in [4.78, 5) is 54.8. The summed E-state index contributed by atoms with van der Waals surface area (Å²) >= 11 is 0. The molecule has 0 spiro atoms. The Kier molecular flexibility index (Phi) is 5.63. The minimum absolute atomic E-state index is 0.0599. The van der Waals surface area contributed by atoms with Gasteiger partial charge in [0.1, 0.15) is 0 Å². The van der Waals surface area contributed by atoms with Gasteiger partial charge in [0.2, 0.25) is 11.3 Å². The predicted octanol–water partition coefficient (Wildman–Crippen LogP) is 2.69. The summed E-state index contributed by atoms with van der Waals surface area (Å²) in [6.45, 7) is 4.56. The SMILES string of the molecule is CCOC(=O)c1c(C)[nH]c(C)c1C(=O)COC(=O)c1cc(=O)[nH]c2ccccc12. The molecule has 8 heteroatoms. The number of pyridine rings is 1. The van der Waals surface area contributed by atoms with E-state index in [9.17, 15) is 19.2 Å². The number of carbonyl (C=O) groups excluding carboxylic acids is 3. The first-order chi connectivity index (χ1) is 13.8. The molecule has 29 heavy (non-hydrogen) atoms. The van der Waals surface area contributed by atoms with Gasteiger partial charge < -0.3 is 19.4 Å². The van der Waals surface area contributed by atoms with E-state index in [0.29, 0.717) is 22.3 Å². The van der Waals surface area contributed by atoms with Crippen LogP contribution >= 0.6 is 0 Å². The minimum atomic E-state index is -0.803. The van der Waals surface area contributed by atoms with Crippen LogP contribution in [0.2, 0.25) is 0 Å². The maximum absolute atomic E-state index is 12.7. The molecule has 0 fully saturated rings. The van der Waals surface area contributed by atoms with Gasteiger partial charge in [0.15, 0.2) is 6.61 Å². The molecule has 0 radical (unpaired) electrons. The number of para-hydroxylation sites is 1. The molecule has 0 unspecified atom stereocenters. The Hall–Kier alpha value is -3.68. The molecular formula is C21H20N2O6. The quantitative estimate of drug-likeness (QED) is 0.488. The molecule has 2 aromatic heterocycles. The molecule has 0 bridgehead atoms.